The summed E-state index contributed by atoms with van der Waals surface area (Å²) in [5.74, 6) is -0.329. The van der Waals surface area contributed by atoms with Crippen LogP contribution in [0.4, 0.5) is 16.2 Å². The molecule has 0 fully saturated rings. The quantitative estimate of drug-likeness (QED) is 0.627. The van der Waals surface area contributed by atoms with Crippen LogP contribution in [0.1, 0.15) is 25.9 Å². The van der Waals surface area contributed by atoms with E-state index in [-0.39, 0.29) is 23.5 Å². The Morgan fingerprint density at radius 1 is 1.00 bits per heavy atom. The van der Waals surface area contributed by atoms with Crippen molar-refractivity contribution in [3.63, 3.8) is 0 Å². The van der Waals surface area contributed by atoms with Crippen LogP contribution >= 0.6 is 11.3 Å². The molecule has 2 aromatic carbocycles. The van der Waals surface area contributed by atoms with Crippen molar-refractivity contribution in [1.29, 1.82) is 0 Å². The maximum atomic E-state index is 12.2. The summed E-state index contributed by atoms with van der Waals surface area (Å²) in [4.78, 5) is 24.2. The van der Waals surface area contributed by atoms with Gasteiger partial charge in [0, 0.05) is 11.4 Å². The van der Waals surface area contributed by atoms with E-state index in [9.17, 15) is 9.59 Å². The molecule has 3 rings (SSSR count). The summed E-state index contributed by atoms with van der Waals surface area (Å²) in [5, 5.41) is 16.9. The molecule has 0 unspecified atom stereocenters. The third-order valence-electron chi connectivity index (χ3n) is 3.72. The maximum absolute atomic E-state index is 12.2. The molecule has 0 radical (unpaired) electrons. The van der Waals surface area contributed by atoms with Crippen LogP contribution in [0.5, 0.6) is 0 Å². The van der Waals surface area contributed by atoms with E-state index >= 15 is 0 Å². The average molecular weight is 381 g/mol. The Kier molecular flexibility index (Phi) is 5.77. The van der Waals surface area contributed by atoms with Gasteiger partial charge < -0.3 is 16.0 Å². The van der Waals surface area contributed by atoms with Gasteiger partial charge in [-0.3, -0.25) is 4.79 Å². The van der Waals surface area contributed by atoms with E-state index in [2.05, 4.69) is 26.1 Å². The molecule has 27 heavy (non-hydrogen) atoms. The van der Waals surface area contributed by atoms with Gasteiger partial charge in [-0.25, -0.2) is 4.79 Å². The summed E-state index contributed by atoms with van der Waals surface area (Å²) in [6, 6.07) is 14.6. The number of aryl methyl sites for hydroxylation is 2. The number of benzene rings is 2. The van der Waals surface area contributed by atoms with E-state index < -0.39 is 0 Å². The maximum Gasteiger partial charge on any atom is 0.319 e. The minimum Gasteiger partial charge on any atom is -0.331 e. The van der Waals surface area contributed by atoms with Gasteiger partial charge in [-0.05, 0) is 37.6 Å². The predicted molar refractivity (Wildman–Crippen MR) is 106 cm³/mol. The highest BCUT2D eigenvalue weighted by Crippen LogP contribution is 2.16. The van der Waals surface area contributed by atoms with Crippen molar-refractivity contribution in [2.24, 2.45) is 0 Å². The summed E-state index contributed by atoms with van der Waals surface area (Å²) in [6.45, 7) is 4.12. The molecule has 0 aliphatic carbocycles. The highest BCUT2D eigenvalue weighted by atomic mass is 32.1. The zero-order valence-electron chi connectivity index (χ0n) is 14.9. The van der Waals surface area contributed by atoms with Crippen LogP contribution in [-0.2, 0) is 6.54 Å². The van der Waals surface area contributed by atoms with Crippen molar-refractivity contribution in [1.82, 2.24) is 15.5 Å². The molecule has 1 heterocycles. The largest absolute Gasteiger partial charge is 0.331 e. The third kappa shape index (κ3) is 5.11. The van der Waals surface area contributed by atoms with Gasteiger partial charge in [0.05, 0.1) is 6.54 Å². The molecule has 138 valence electrons. The van der Waals surface area contributed by atoms with E-state index in [4.69, 9.17) is 0 Å². The molecule has 0 aliphatic rings. The van der Waals surface area contributed by atoms with Crippen LogP contribution in [0.2, 0.25) is 0 Å². The lowest BCUT2D eigenvalue weighted by Crippen LogP contribution is -2.28. The molecule has 7 nitrogen and oxygen atoms in total. The third-order valence-corrected chi connectivity index (χ3v) is 4.65. The fourth-order valence-electron chi connectivity index (χ4n) is 2.40. The molecule has 0 atom stereocenters. The van der Waals surface area contributed by atoms with Crippen molar-refractivity contribution in [2.45, 2.75) is 20.4 Å². The Hall–Kier alpha value is -3.26. The van der Waals surface area contributed by atoms with Crippen molar-refractivity contribution < 1.29 is 9.59 Å². The number of nitrogens with zero attached hydrogens (tertiary/aromatic N) is 2. The van der Waals surface area contributed by atoms with Gasteiger partial charge >= 0.3 is 6.03 Å². The second-order valence-electron chi connectivity index (χ2n) is 5.95. The number of para-hydroxylation sites is 1. The van der Waals surface area contributed by atoms with Gasteiger partial charge in [-0.15, -0.1) is 10.2 Å². The van der Waals surface area contributed by atoms with Gasteiger partial charge in [0.2, 0.25) is 5.01 Å². The lowest BCUT2D eigenvalue weighted by atomic mass is 10.1. The summed E-state index contributed by atoms with van der Waals surface area (Å²) >= 11 is 1.14. The minimum absolute atomic E-state index is 0.188. The number of urea groups is 1. The topological polar surface area (TPSA) is 96.0 Å². The number of carbonyl (C=O) groups excluding carboxylic acids is 2. The molecule has 0 spiro atoms. The van der Waals surface area contributed by atoms with Crippen LogP contribution in [0.25, 0.3) is 0 Å². The fraction of sp³-hybridized carbons (Fsp3) is 0.158. The van der Waals surface area contributed by atoms with E-state index in [0.29, 0.717) is 10.7 Å². The van der Waals surface area contributed by atoms with Gasteiger partial charge in [0.25, 0.3) is 5.91 Å². The first kappa shape index (κ1) is 18.5. The van der Waals surface area contributed by atoms with Crippen LogP contribution in [0, 0.1) is 13.8 Å². The lowest BCUT2D eigenvalue weighted by Gasteiger charge is -2.09. The number of aromatic nitrogens is 2. The molecule has 0 saturated carbocycles. The molecule has 0 saturated heterocycles. The molecule has 3 amide bonds. The Morgan fingerprint density at radius 3 is 2.52 bits per heavy atom. The Labute approximate surface area is 160 Å². The van der Waals surface area contributed by atoms with Gasteiger partial charge in [0.15, 0.2) is 0 Å². The molecular weight excluding hydrogens is 362 g/mol. The molecular formula is C19H19N5O2S. The Bertz CT molecular complexity index is 956. The number of carbonyl (C=O) groups is 2. The zero-order valence-corrected chi connectivity index (χ0v) is 15.8. The van der Waals surface area contributed by atoms with E-state index in [1.54, 1.807) is 12.1 Å². The van der Waals surface area contributed by atoms with E-state index in [1.165, 1.54) is 0 Å². The summed E-state index contributed by atoms with van der Waals surface area (Å²) < 4.78 is 0. The standard InChI is InChI=1S/C19H19N5O2S/c1-12-8-9-15(13(2)10-12)22-19(26)20-11-16-23-24-18(27-16)17(25)21-14-6-4-3-5-7-14/h3-10H,11H2,1-2H3,(H,21,25)(H2,20,22,26). The lowest BCUT2D eigenvalue weighted by molar-refractivity contribution is 0.102. The minimum atomic E-state index is -0.340. The molecule has 0 aliphatic heterocycles. The number of amides is 3. The van der Waals surface area contributed by atoms with Crippen LogP contribution in [0.15, 0.2) is 48.5 Å². The van der Waals surface area contributed by atoms with E-state index in [1.807, 2.05) is 50.2 Å². The second-order valence-corrected chi connectivity index (χ2v) is 7.01. The highest BCUT2D eigenvalue weighted by molar-refractivity contribution is 7.13. The summed E-state index contributed by atoms with van der Waals surface area (Å²) in [5.41, 5.74) is 3.55. The molecule has 0 bridgehead atoms. The highest BCUT2D eigenvalue weighted by Gasteiger charge is 2.14. The van der Waals surface area contributed by atoms with Crippen molar-refractivity contribution in [3.8, 4) is 0 Å². The van der Waals surface area contributed by atoms with Gasteiger partial charge in [-0.1, -0.05) is 47.2 Å². The zero-order chi connectivity index (χ0) is 19.2. The Balaban J connectivity index is 1.53. The SMILES string of the molecule is Cc1ccc(NC(=O)NCc2nnc(C(=O)Nc3ccccc3)s2)c(C)c1. The normalized spacial score (nSPS) is 10.3. The fourth-order valence-corrected chi connectivity index (χ4v) is 3.07. The Morgan fingerprint density at radius 2 is 1.78 bits per heavy atom. The number of anilines is 2. The van der Waals surface area contributed by atoms with Crippen LogP contribution in [0.3, 0.4) is 0 Å². The first-order valence-electron chi connectivity index (χ1n) is 8.32. The predicted octanol–water partition coefficient (Wildman–Crippen LogP) is 3.73. The molecule has 8 heteroatoms. The van der Waals surface area contributed by atoms with Gasteiger partial charge in [-0.2, -0.15) is 0 Å². The first-order chi connectivity index (χ1) is 13.0. The average Bonchev–Trinajstić information content (AvgIpc) is 3.12. The first-order valence-corrected chi connectivity index (χ1v) is 9.14. The number of hydrogen-bond acceptors (Lipinski definition) is 5. The monoisotopic (exact) mass is 381 g/mol. The summed E-state index contributed by atoms with van der Waals surface area (Å²) in [7, 11) is 0. The molecule has 3 N–H and O–H groups in total. The van der Waals surface area contributed by atoms with Crippen LogP contribution in [-0.4, -0.2) is 22.1 Å². The van der Waals surface area contributed by atoms with Gasteiger partial charge in [0.1, 0.15) is 5.01 Å². The summed E-state index contributed by atoms with van der Waals surface area (Å²) in [6.07, 6.45) is 0. The molecule has 3 aromatic rings. The number of hydrogen-bond donors (Lipinski definition) is 3. The van der Waals surface area contributed by atoms with Crippen molar-refractivity contribution >= 4 is 34.6 Å². The molecule has 1 aromatic heterocycles. The number of nitrogens with one attached hydrogen (secondary N) is 3. The smallest absolute Gasteiger partial charge is 0.319 e. The van der Waals surface area contributed by atoms with Crippen molar-refractivity contribution in [2.75, 3.05) is 10.6 Å². The van der Waals surface area contributed by atoms with Crippen molar-refractivity contribution in [3.05, 3.63) is 69.7 Å². The number of rotatable bonds is 5. The second kappa shape index (κ2) is 8.41. The van der Waals surface area contributed by atoms with E-state index in [0.717, 1.165) is 28.2 Å². The van der Waals surface area contributed by atoms with Crippen LogP contribution < -0.4 is 16.0 Å².